The van der Waals surface area contributed by atoms with Gasteiger partial charge in [0, 0.05) is 36.6 Å². The lowest BCUT2D eigenvalue weighted by molar-refractivity contribution is -0.141. The van der Waals surface area contributed by atoms with E-state index in [1.165, 1.54) is 4.90 Å². The Morgan fingerprint density at radius 2 is 2.28 bits per heavy atom. The minimum absolute atomic E-state index is 0.237. The number of carboxylic acids is 1. The lowest BCUT2D eigenvalue weighted by Gasteiger charge is -2.16. The summed E-state index contributed by atoms with van der Waals surface area (Å²) in [7, 11) is 0. The van der Waals surface area contributed by atoms with Crippen molar-refractivity contribution >= 4 is 23.6 Å². The van der Waals surface area contributed by atoms with Crippen LogP contribution in [0.5, 0.6) is 0 Å². The molecule has 8 nitrogen and oxygen atoms in total. The second kappa shape index (κ2) is 7.52. The zero-order valence-electron chi connectivity index (χ0n) is 13.3. The molecule has 1 unspecified atom stereocenters. The van der Waals surface area contributed by atoms with Crippen molar-refractivity contribution in [2.24, 2.45) is 5.92 Å². The predicted octanol–water partition coefficient (Wildman–Crippen LogP) is 2.05. The van der Waals surface area contributed by atoms with E-state index >= 15 is 0 Å². The maximum Gasteiger partial charge on any atom is 0.317 e. The number of amides is 2. The second-order valence-corrected chi connectivity index (χ2v) is 6.21. The minimum Gasteiger partial charge on any atom is -0.481 e. The maximum absolute atomic E-state index is 12.0. The summed E-state index contributed by atoms with van der Waals surface area (Å²) in [5.74, 6) is -0.510. The molecule has 1 aliphatic heterocycles. The smallest absolute Gasteiger partial charge is 0.317 e. The summed E-state index contributed by atoms with van der Waals surface area (Å²) in [5, 5.41) is 16.2. The molecule has 0 bridgehead atoms. The van der Waals surface area contributed by atoms with Crippen molar-refractivity contribution in [3.05, 3.63) is 35.2 Å². The average Bonchev–Trinajstić information content (AvgIpc) is 3.24. The molecule has 1 fully saturated rings. The Labute approximate surface area is 148 Å². The van der Waals surface area contributed by atoms with Gasteiger partial charge in [-0.3, -0.25) is 4.79 Å². The van der Waals surface area contributed by atoms with Crippen LogP contribution >= 0.6 is 11.6 Å². The standard InChI is InChI=1S/C16H17ClN4O4/c17-12-3-1-2-10(8-12)14-19-13(25-20-14)4-6-18-16(24)21-7-5-11(9-21)15(22)23/h1-3,8,11H,4-7,9H2,(H,18,24)(H,22,23). The fraction of sp³-hybridized carbons (Fsp3) is 0.375. The molecule has 2 aromatic rings. The summed E-state index contributed by atoms with van der Waals surface area (Å²) in [6.07, 6.45) is 0.866. The van der Waals surface area contributed by atoms with Crippen molar-refractivity contribution in [1.82, 2.24) is 20.4 Å². The molecule has 1 saturated heterocycles. The van der Waals surface area contributed by atoms with Gasteiger partial charge in [-0.15, -0.1) is 0 Å². The van der Waals surface area contributed by atoms with Crippen LogP contribution < -0.4 is 5.32 Å². The van der Waals surface area contributed by atoms with Crippen molar-refractivity contribution in [2.45, 2.75) is 12.8 Å². The van der Waals surface area contributed by atoms with Crippen LogP contribution in [-0.2, 0) is 11.2 Å². The SMILES string of the molecule is O=C(O)C1CCN(C(=O)NCCc2nc(-c3cccc(Cl)c3)no2)C1. The van der Waals surface area contributed by atoms with E-state index in [2.05, 4.69) is 15.5 Å². The number of likely N-dealkylation sites (tertiary alicyclic amines) is 1. The topological polar surface area (TPSA) is 109 Å². The van der Waals surface area contributed by atoms with Crippen molar-refractivity contribution < 1.29 is 19.2 Å². The van der Waals surface area contributed by atoms with E-state index in [0.717, 1.165) is 5.56 Å². The number of carboxylic acid groups (broad SMARTS) is 1. The van der Waals surface area contributed by atoms with Gasteiger partial charge < -0.3 is 19.8 Å². The number of urea groups is 1. The minimum atomic E-state index is -0.866. The number of nitrogens with zero attached hydrogens (tertiary/aromatic N) is 3. The Balaban J connectivity index is 1.48. The molecule has 1 aliphatic rings. The van der Waals surface area contributed by atoms with Gasteiger partial charge in [-0.05, 0) is 18.6 Å². The van der Waals surface area contributed by atoms with Gasteiger partial charge in [0.05, 0.1) is 5.92 Å². The van der Waals surface area contributed by atoms with Crippen LogP contribution in [0.4, 0.5) is 4.79 Å². The van der Waals surface area contributed by atoms with Crippen LogP contribution in [0.1, 0.15) is 12.3 Å². The van der Waals surface area contributed by atoms with Crippen molar-refractivity contribution in [3.8, 4) is 11.4 Å². The van der Waals surface area contributed by atoms with Crippen molar-refractivity contribution in [1.29, 1.82) is 0 Å². The first kappa shape index (κ1) is 17.2. The fourth-order valence-corrected chi connectivity index (χ4v) is 2.83. The first-order chi connectivity index (χ1) is 12.0. The molecule has 2 N–H and O–H groups in total. The molecule has 0 saturated carbocycles. The summed E-state index contributed by atoms with van der Waals surface area (Å²) in [6, 6.07) is 6.85. The first-order valence-corrected chi connectivity index (χ1v) is 8.25. The van der Waals surface area contributed by atoms with Gasteiger partial charge in [0.15, 0.2) is 0 Å². The lowest BCUT2D eigenvalue weighted by atomic mass is 10.1. The Morgan fingerprint density at radius 3 is 3.00 bits per heavy atom. The number of nitrogens with one attached hydrogen (secondary N) is 1. The van der Waals surface area contributed by atoms with Crippen LogP contribution in [0.25, 0.3) is 11.4 Å². The Kier molecular flexibility index (Phi) is 5.18. The zero-order chi connectivity index (χ0) is 17.8. The zero-order valence-corrected chi connectivity index (χ0v) is 14.1. The van der Waals surface area contributed by atoms with Crippen LogP contribution in [0.15, 0.2) is 28.8 Å². The van der Waals surface area contributed by atoms with Gasteiger partial charge >= 0.3 is 12.0 Å². The molecule has 9 heteroatoms. The molecular formula is C16H17ClN4O4. The van der Waals surface area contributed by atoms with E-state index < -0.39 is 11.9 Å². The van der Waals surface area contributed by atoms with Gasteiger partial charge in [-0.1, -0.05) is 28.9 Å². The third-order valence-corrected chi connectivity index (χ3v) is 4.23. The average molecular weight is 365 g/mol. The monoisotopic (exact) mass is 364 g/mol. The molecule has 0 radical (unpaired) electrons. The second-order valence-electron chi connectivity index (χ2n) is 5.77. The van der Waals surface area contributed by atoms with Crippen LogP contribution in [0, 0.1) is 5.92 Å². The molecule has 1 aromatic heterocycles. The number of rotatable bonds is 5. The highest BCUT2D eigenvalue weighted by Crippen LogP contribution is 2.20. The highest BCUT2D eigenvalue weighted by Gasteiger charge is 2.30. The number of halogens is 1. The molecule has 25 heavy (non-hydrogen) atoms. The summed E-state index contributed by atoms with van der Waals surface area (Å²) < 4.78 is 5.17. The third-order valence-electron chi connectivity index (χ3n) is 3.99. The molecule has 2 heterocycles. The summed E-state index contributed by atoms with van der Waals surface area (Å²) in [5.41, 5.74) is 0.753. The molecule has 3 rings (SSSR count). The first-order valence-electron chi connectivity index (χ1n) is 7.87. The Hall–Kier alpha value is -2.61. The molecule has 0 aliphatic carbocycles. The van der Waals surface area contributed by atoms with E-state index in [9.17, 15) is 9.59 Å². The number of aromatic nitrogens is 2. The summed E-state index contributed by atoms with van der Waals surface area (Å²) in [4.78, 5) is 28.7. The number of hydrogen-bond donors (Lipinski definition) is 2. The quantitative estimate of drug-likeness (QED) is 0.840. The molecule has 132 valence electrons. The Bertz CT molecular complexity index is 779. The van der Waals surface area contributed by atoms with Crippen molar-refractivity contribution in [2.75, 3.05) is 19.6 Å². The number of carbonyl (C=O) groups excluding carboxylic acids is 1. The molecule has 0 spiro atoms. The Morgan fingerprint density at radius 1 is 1.44 bits per heavy atom. The molecule has 1 aromatic carbocycles. The van der Waals surface area contributed by atoms with Gasteiger partial charge in [0.1, 0.15) is 0 Å². The van der Waals surface area contributed by atoms with Gasteiger partial charge in [-0.25, -0.2) is 4.79 Å². The number of hydrogen-bond acceptors (Lipinski definition) is 5. The van der Waals surface area contributed by atoms with Gasteiger partial charge in [-0.2, -0.15) is 4.98 Å². The summed E-state index contributed by atoms with van der Waals surface area (Å²) in [6.45, 7) is 1.01. The van der Waals surface area contributed by atoms with E-state index in [1.54, 1.807) is 18.2 Å². The molecular weight excluding hydrogens is 348 g/mol. The third kappa shape index (κ3) is 4.27. The highest BCUT2D eigenvalue weighted by molar-refractivity contribution is 6.30. The molecule has 2 amide bonds. The van der Waals surface area contributed by atoms with E-state index in [4.69, 9.17) is 21.2 Å². The van der Waals surface area contributed by atoms with E-state index in [-0.39, 0.29) is 12.6 Å². The molecule has 1 atom stereocenters. The van der Waals surface area contributed by atoms with E-state index in [1.807, 2.05) is 6.07 Å². The largest absolute Gasteiger partial charge is 0.481 e. The predicted molar refractivity (Wildman–Crippen MR) is 89.2 cm³/mol. The number of benzene rings is 1. The van der Waals surface area contributed by atoms with Gasteiger partial charge in [0.25, 0.3) is 0 Å². The van der Waals surface area contributed by atoms with E-state index in [0.29, 0.717) is 42.7 Å². The van der Waals surface area contributed by atoms with Crippen molar-refractivity contribution in [3.63, 3.8) is 0 Å². The van der Waals surface area contributed by atoms with Crippen LogP contribution in [0.2, 0.25) is 5.02 Å². The number of aliphatic carboxylic acids is 1. The highest BCUT2D eigenvalue weighted by atomic mass is 35.5. The number of carbonyl (C=O) groups is 2. The fourth-order valence-electron chi connectivity index (χ4n) is 2.64. The van der Waals surface area contributed by atoms with Gasteiger partial charge in [0.2, 0.25) is 11.7 Å². The lowest BCUT2D eigenvalue weighted by Crippen LogP contribution is -2.39. The van der Waals surface area contributed by atoms with Crippen LogP contribution in [-0.4, -0.2) is 51.8 Å². The van der Waals surface area contributed by atoms with Crippen LogP contribution in [0.3, 0.4) is 0 Å². The normalized spacial score (nSPS) is 16.8. The summed E-state index contributed by atoms with van der Waals surface area (Å²) >= 11 is 5.94. The maximum atomic E-state index is 12.0.